The van der Waals surface area contributed by atoms with Crippen LogP contribution in [-0.4, -0.2) is 24.3 Å². The predicted molar refractivity (Wildman–Crippen MR) is 95.5 cm³/mol. The number of esters is 1. The Balaban J connectivity index is 1.80. The number of Topliss-reactive ketones (excluding diaryl/α,β-unsaturated/α-hetero) is 1. The van der Waals surface area contributed by atoms with Gasteiger partial charge in [-0.25, -0.2) is 0 Å². The second kappa shape index (κ2) is 8.78. The van der Waals surface area contributed by atoms with E-state index in [4.69, 9.17) is 4.74 Å². The van der Waals surface area contributed by atoms with Crippen LogP contribution >= 0.6 is 0 Å². The predicted octanol–water partition coefficient (Wildman–Crippen LogP) is 3.56. The molecule has 2 rings (SSSR count). The van der Waals surface area contributed by atoms with Gasteiger partial charge < -0.3 is 10.1 Å². The second-order valence-electron chi connectivity index (χ2n) is 5.86. The van der Waals surface area contributed by atoms with Gasteiger partial charge in [0.15, 0.2) is 12.4 Å². The van der Waals surface area contributed by atoms with E-state index >= 15 is 0 Å². The van der Waals surface area contributed by atoms with E-state index < -0.39 is 11.9 Å². The van der Waals surface area contributed by atoms with E-state index in [9.17, 15) is 14.4 Å². The maximum absolute atomic E-state index is 11.9. The molecule has 2 aromatic carbocycles. The highest BCUT2D eigenvalue weighted by Crippen LogP contribution is 2.18. The van der Waals surface area contributed by atoms with Crippen LogP contribution in [0.2, 0.25) is 0 Å². The molecule has 0 saturated heterocycles. The fraction of sp³-hybridized carbons (Fsp3) is 0.250. The van der Waals surface area contributed by atoms with Crippen LogP contribution in [0, 0.1) is 0 Å². The van der Waals surface area contributed by atoms with Gasteiger partial charge in [0.2, 0.25) is 0 Å². The van der Waals surface area contributed by atoms with Crippen LogP contribution in [0.3, 0.4) is 0 Å². The van der Waals surface area contributed by atoms with Crippen LogP contribution < -0.4 is 5.32 Å². The second-order valence-corrected chi connectivity index (χ2v) is 5.86. The van der Waals surface area contributed by atoms with Crippen LogP contribution in [0.15, 0.2) is 54.6 Å². The van der Waals surface area contributed by atoms with Crippen LogP contribution in [-0.2, 0) is 14.3 Å². The Morgan fingerprint density at radius 1 is 1.04 bits per heavy atom. The van der Waals surface area contributed by atoms with Crippen molar-refractivity contribution in [2.45, 2.75) is 26.2 Å². The minimum absolute atomic E-state index is 0.0176. The van der Waals surface area contributed by atoms with Crippen LogP contribution in [0.5, 0.6) is 0 Å². The van der Waals surface area contributed by atoms with Crippen LogP contribution in [0.1, 0.15) is 42.1 Å². The summed E-state index contributed by atoms with van der Waals surface area (Å²) in [6.45, 7) is 3.03. The summed E-state index contributed by atoms with van der Waals surface area (Å²) in [5, 5.41) is 2.61. The number of carbonyl (C=O) groups excluding carboxylic acids is 3. The number of hydrogen-bond acceptors (Lipinski definition) is 4. The van der Waals surface area contributed by atoms with Gasteiger partial charge in [0, 0.05) is 11.3 Å². The van der Waals surface area contributed by atoms with E-state index in [1.165, 1.54) is 6.92 Å². The first-order valence-electron chi connectivity index (χ1n) is 8.07. The number of amides is 1. The quantitative estimate of drug-likeness (QED) is 0.618. The number of ether oxygens (including phenoxy) is 1. The summed E-state index contributed by atoms with van der Waals surface area (Å²) in [6.07, 6.45) is 0.205. The molecule has 5 nitrogen and oxygen atoms in total. The van der Waals surface area contributed by atoms with Crippen molar-refractivity contribution in [2.75, 3.05) is 11.9 Å². The van der Waals surface area contributed by atoms with Crippen molar-refractivity contribution >= 4 is 23.3 Å². The zero-order valence-electron chi connectivity index (χ0n) is 14.3. The van der Waals surface area contributed by atoms with Crippen molar-refractivity contribution < 1.29 is 19.1 Å². The Kier molecular flexibility index (Phi) is 6.46. The fourth-order valence-corrected chi connectivity index (χ4v) is 2.37. The van der Waals surface area contributed by atoms with Crippen LogP contribution in [0.4, 0.5) is 5.69 Å². The molecule has 2 aromatic rings. The monoisotopic (exact) mass is 339 g/mol. The summed E-state index contributed by atoms with van der Waals surface area (Å²) in [7, 11) is 0. The molecule has 0 radical (unpaired) electrons. The van der Waals surface area contributed by atoms with Crippen molar-refractivity contribution in [3.05, 3.63) is 65.7 Å². The number of carbonyl (C=O) groups is 3. The van der Waals surface area contributed by atoms with E-state index in [2.05, 4.69) is 5.32 Å². The van der Waals surface area contributed by atoms with E-state index in [-0.39, 0.29) is 24.7 Å². The number of nitrogens with one attached hydrogen (secondary N) is 1. The SMILES string of the molecule is CC(=O)c1cccc(NC(=O)COC(=O)C[C@@H](C)c2ccccc2)c1. The summed E-state index contributed by atoms with van der Waals surface area (Å²) in [5.74, 6) is -0.938. The lowest BCUT2D eigenvalue weighted by Crippen LogP contribution is -2.21. The highest BCUT2D eigenvalue weighted by Gasteiger charge is 2.14. The largest absolute Gasteiger partial charge is 0.456 e. The molecule has 0 aromatic heterocycles. The average Bonchev–Trinajstić information content (AvgIpc) is 2.61. The molecule has 0 aliphatic carbocycles. The fourth-order valence-electron chi connectivity index (χ4n) is 2.37. The topological polar surface area (TPSA) is 72.5 Å². The van der Waals surface area contributed by atoms with Crippen molar-refractivity contribution in [1.82, 2.24) is 0 Å². The molecule has 0 saturated carbocycles. The molecule has 0 unspecified atom stereocenters. The van der Waals surface area contributed by atoms with Gasteiger partial charge in [0.25, 0.3) is 5.91 Å². The van der Waals surface area contributed by atoms with E-state index in [1.54, 1.807) is 24.3 Å². The van der Waals surface area contributed by atoms with E-state index in [1.807, 2.05) is 37.3 Å². The Morgan fingerprint density at radius 3 is 2.44 bits per heavy atom. The van der Waals surface area contributed by atoms with Gasteiger partial charge in [0.05, 0.1) is 6.42 Å². The first-order chi connectivity index (χ1) is 12.0. The Hall–Kier alpha value is -2.95. The lowest BCUT2D eigenvalue weighted by molar-refractivity contribution is -0.147. The lowest BCUT2D eigenvalue weighted by Gasteiger charge is -2.11. The molecule has 0 fully saturated rings. The average molecular weight is 339 g/mol. The first kappa shape index (κ1) is 18.4. The number of ketones is 1. The van der Waals surface area contributed by atoms with E-state index in [0.717, 1.165) is 5.56 Å². The maximum Gasteiger partial charge on any atom is 0.306 e. The van der Waals surface area contributed by atoms with Gasteiger partial charge >= 0.3 is 5.97 Å². The van der Waals surface area contributed by atoms with Crippen LogP contribution in [0.25, 0.3) is 0 Å². The lowest BCUT2D eigenvalue weighted by atomic mass is 9.98. The molecular formula is C20H21NO4. The molecule has 5 heteroatoms. The van der Waals surface area contributed by atoms with Crippen molar-refractivity contribution in [3.63, 3.8) is 0 Å². The molecule has 130 valence electrons. The summed E-state index contributed by atoms with van der Waals surface area (Å²) >= 11 is 0. The molecule has 0 aliphatic heterocycles. The van der Waals surface area contributed by atoms with Gasteiger partial charge in [-0.2, -0.15) is 0 Å². The summed E-state index contributed by atoms with van der Waals surface area (Å²) in [5.41, 5.74) is 2.04. The summed E-state index contributed by atoms with van der Waals surface area (Å²) in [6, 6.07) is 16.3. The molecule has 25 heavy (non-hydrogen) atoms. The molecular weight excluding hydrogens is 318 g/mol. The third-order valence-electron chi connectivity index (χ3n) is 3.76. The Bertz CT molecular complexity index is 755. The Morgan fingerprint density at radius 2 is 1.76 bits per heavy atom. The van der Waals surface area contributed by atoms with Gasteiger partial charge in [-0.15, -0.1) is 0 Å². The highest BCUT2D eigenvalue weighted by molar-refractivity contribution is 5.97. The van der Waals surface area contributed by atoms with E-state index in [0.29, 0.717) is 11.3 Å². The van der Waals surface area contributed by atoms with Gasteiger partial charge in [-0.05, 0) is 30.5 Å². The minimum Gasteiger partial charge on any atom is -0.456 e. The number of rotatable bonds is 7. The number of hydrogen-bond donors (Lipinski definition) is 1. The third-order valence-corrected chi connectivity index (χ3v) is 3.76. The van der Waals surface area contributed by atoms with Crippen molar-refractivity contribution in [3.8, 4) is 0 Å². The van der Waals surface area contributed by atoms with Crippen molar-refractivity contribution in [1.29, 1.82) is 0 Å². The molecule has 0 bridgehead atoms. The summed E-state index contributed by atoms with van der Waals surface area (Å²) in [4.78, 5) is 35.1. The number of benzene rings is 2. The third kappa shape index (κ3) is 5.88. The van der Waals surface area contributed by atoms with Gasteiger partial charge in [0.1, 0.15) is 0 Å². The summed E-state index contributed by atoms with van der Waals surface area (Å²) < 4.78 is 5.03. The standard InChI is InChI=1S/C20H21NO4/c1-14(16-7-4-3-5-8-16)11-20(24)25-13-19(23)21-18-10-6-9-17(12-18)15(2)22/h3-10,12,14H,11,13H2,1-2H3,(H,21,23)/t14-/m1/s1. The zero-order valence-corrected chi connectivity index (χ0v) is 14.3. The Labute approximate surface area is 147 Å². The maximum atomic E-state index is 11.9. The smallest absolute Gasteiger partial charge is 0.306 e. The molecule has 0 aliphatic rings. The minimum atomic E-state index is -0.443. The molecule has 0 heterocycles. The molecule has 1 N–H and O–H groups in total. The highest BCUT2D eigenvalue weighted by atomic mass is 16.5. The molecule has 0 spiro atoms. The number of anilines is 1. The normalized spacial score (nSPS) is 11.4. The van der Waals surface area contributed by atoms with Crippen molar-refractivity contribution in [2.24, 2.45) is 0 Å². The van der Waals surface area contributed by atoms with Gasteiger partial charge in [-0.1, -0.05) is 49.4 Å². The van der Waals surface area contributed by atoms with Gasteiger partial charge in [-0.3, -0.25) is 14.4 Å². The first-order valence-corrected chi connectivity index (χ1v) is 8.07. The zero-order chi connectivity index (χ0) is 18.2. The molecule has 1 atom stereocenters. The molecule has 1 amide bonds.